The zero-order valence-corrected chi connectivity index (χ0v) is 8.03. The molecular weight excluding hydrogens is 207 g/mol. The lowest BCUT2D eigenvalue weighted by atomic mass is 10.7. The van der Waals surface area contributed by atoms with Gasteiger partial charge in [0.05, 0.1) is 9.23 Å². The topological polar surface area (TPSA) is 0 Å². The van der Waals surface area contributed by atoms with Crippen LogP contribution in [0.4, 0.5) is 0 Å². The Hall–Kier alpha value is 0.370. The number of hydrogen-bond acceptors (Lipinski definition) is 2. The average Bonchev–Trinajstić information content (AvgIpc) is 2.31. The fraction of sp³-hybridized carbons (Fsp3) is 0. The molecule has 0 amide bonds. The molecule has 0 nitrogen and oxygen atoms in total. The van der Waals surface area contributed by atoms with Crippen LogP contribution in [0.25, 0.3) is 0 Å². The first kappa shape index (κ1) is 8.47. The Labute approximate surface area is 77.8 Å². The zero-order valence-electron chi connectivity index (χ0n) is 4.88. The van der Waals surface area contributed by atoms with Gasteiger partial charge in [0, 0.05) is 10.9 Å². The molecule has 1 aromatic heterocycles. The lowest BCUT2D eigenvalue weighted by Crippen LogP contribution is -1.49. The summed E-state index contributed by atoms with van der Waals surface area (Å²) in [5, 5.41) is 4.49. The summed E-state index contributed by atoms with van der Waals surface area (Å²) >= 11 is 14.2. The third-order valence-electron chi connectivity index (χ3n) is 0.779. The predicted octanol–water partition coefficient (Wildman–Crippen LogP) is 4.20. The van der Waals surface area contributed by atoms with Crippen molar-refractivity contribution in [1.82, 2.24) is 0 Å². The SMILES string of the molecule is Cl/C=C/Sc1cc(Cl)cs1. The average molecular weight is 211 g/mol. The highest BCUT2D eigenvalue weighted by Gasteiger charge is 1.94. The molecule has 0 saturated carbocycles. The van der Waals surface area contributed by atoms with Crippen molar-refractivity contribution in [3.05, 3.63) is 27.4 Å². The maximum Gasteiger partial charge on any atom is 0.0656 e. The molecule has 0 aromatic carbocycles. The molecule has 1 heterocycles. The number of rotatable bonds is 2. The fourth-order valence-electron chi connectivity index (χ4n) is 0.450. The van der Waals surface area contributed by atoms with Gasteiger partial charge >= 0.3 is 0 Å². The van der Waals surface area contributed by atoms with E-state index >= 15 is 0 Å². The van der Waals surface area contributed by atoms with Gasteiger partial charge in [0.2, 0.25) is 0 Å². The van der Waals surface area contributed by atoms with Crippen molar-refractivity contribution in [3.63, 3.8) is 0 Å². The Morgan fingerprint density at radius 1 is 1.60 bits per heavy atom. The molecule has 0 N–H and O–H groups in total. The Morgan fingerprint density at radius 3 is 2.90 bits per heavy atom. The van der Waals surface area contributed by atoms with Gasteiger partial charge in [-0.15, -0.1) is 11.3 Å². The molecule has 54 valence electrons. The van der Waals surface area contributed by atoms with Crippen molar-refractivity contribution >= 4 is 46.3 Å². The molecule has 1 rings (SSSR count). The Bertz CT molecular complexity index is 229. The maximum atomic E-state index is 5.68. The molecule has 10 heavy (non-hydrogen) atoms. The Morgan fingerprint density at radius 2 is 2.40 bits per heavy atom. The van der Waals surface area contributed by atoms with Gasteiger partial charge in [0.25, 0.3) is 0 Å². The molecule has 0 bridgehead atoms. The zero-order chi connectivity index (χ0) is 7.40. The molecule has 0 spiro atoms. The minimum atomic E-state index is 0.787. The monoisotopic (exact) mass is 210 g/mol. The highest BCUT2D eigenvalue weighted by molar-refractivity contribution is 8.03. The summed E-state index contributed by atoms with van der Waals surface area (Å²) in [4.78, 5) is 0. The standard InChI is InChI=1S/C6H4Cl2S2/c7-1-2-9-6-3-5(8)4-10-6/h1-4H/b2-1+. The van der Waals surface area contributed by atoms with Gasteiger partial charge in [-0.05, 0) is 11.5 Å². The van der Waals surface area contributed by atoms with Crippen LogP contribution in [0.15, 0.2) is 26.6 Å². The first-order valence-corrected chi connectivity index (χ1v) is 5.06. The smallest absolute Gasteiger partial charge is 0.0656 e. The van der Waals surface area contributed by atoms with E-state index in [0.717, 1.165) is 9.23 Å². The van der Waals surface area contributed by atoms with Crippen LogP contribution in [0, 0.1) is 0 Å². The predicted molar refractivity (Wildman–Crippen MR) is 50.2 cm³/mol. The lowest BCUT2D eigenvalue weighted by Gasteiger charge is -1.82. The van der Waals surface area contributed by atoms with Gasteiger partial charge in [-0.25, -0.2) is 0 Å². The Balaban J connectivity index is 2.58. The third kappa shape index (κ3) is 2.54. The van der Waals surface area contributed by atoms with Crippen molar-refractivity contribution in [1.29, 1.82) is 0 Å². The molecule has 0 radical (unpaired) electrons. The first-order chi connectivity index (χ1) is 4.83. The van der Waals surface area contributed by atoms with E-state index in [1.807, 2.05) is 16.9 Å². The Kier molecular flexibility index (Phi) is 3.63. The van der Waals surface area contributed by atoms with E-state index in [-0.39, 0.29) is 0 Å². The van der Waals surface area contributed by atoms with E-state index in [1.165, 1.54) is 5.54 Å². The van der Waals surface area contributed by atoms with Gasteiger partial charge in [-0.2, -0.15) is 0 Å². The van der Waals surface area contributed by atoms with E-state index in [1.54, 1.807) is 23.1 Å². The molecule has 4 heteroatoms. The van der Waals surface area contributed by atoms with Gasteiger partial charge in [-0.1, -0.05) is 35.0 Å². The molecule has 0 unspecified atom stereocenters. The van der Waals surface area contributed by atoms with E-state index in [0.29, 0.717) is 0 Å². The van der Waals surface area contributed by atoms with Crippen molar-refractivity contribution in [2.75, 3.05) is 0 Å². The van der Waals surface area contributed by atoms with Gasteiger partial charge in [-0.3, -0.25) is 0 Å². The molecule has 0 atom stereocenters. The van der Waals surface area contributed by atoms with E-state index in [9.17, 15) is 0 Å². The van der Waals surface area contributed by atoms with Crippen molar-refractivity contribution in [3.8, 4) is 0 Å². The normalized spacial score (nSPS) is 11.0. The van der Waals surface area contributed by atoms with Gasteiger partial charge < -0.3 is 0 Å². The van der Waals surface area contributed by atoms with Crippen molar-refractivity contribution < 1.29 is 0 Å². The van der Waals surface area contributed by atoms with E-state index < -0.39 is 0 Å². The van der Waals surface area contributed by atoms with Crippen LogP contribution in [0.5, 0.6) is 0 Å². The van der Waals surface area contributed by atoms with Crippen LogP contribution in [0.3, 0.4) is 0 Å². The lowest BCUT2D eigenvalue weighted by molar-refractivity contribution is 1.75. The van der Waals surface area contributed by atoms with Crippen LogP contribution in [-0.4, -0.2) is 0 Å². The molecule has 0 aliphatic rings. The summed E-state index contributed by atoms with van der Waals surface area (Å²) in [6.07, 6.45) is 0. The summed E-state index contributed by atoms with van der Waals surface area (Å²) in [6.45, 7) is 0. The third-order valence-corrected chi connectivity index (χ3v) is 3.32. The highest BCUT2D eigenvalue weighted by Crippen LogP contribution is 2.29. The first-order valence-electron chi connectivity index (χ1n) is 2.49. The molecular formula is C6H4Cl2S2. The van der Waals surface area contributed by atoms with Gasteiger partial charge in [0.15, 0.2) is 0 Å². The second kappa shape index (κ2) is 4.29. The van der Waals surface area contributed by atoms with Crippen LogP contribution in [0.1, 0.15) is 0 Å². The number of thiophene rings is 1. The van der Waals surface area contributed by atoms with Gasteiger partial charge in [0.1, 0.15) is 0 Å². The summed E-state index contributed by atoms with van der Waals surface area (Å²) in [5.74, 6) is 0. The second-order valence-corrected chi connectivity index (χ2v) is 4.27. The molecule has 1 aromatic rings. The second-order valence-electron chi connectivity index (χ2n) is 1.46. The summed E-state index contributed by atoms with van der Waals surface area (Å²) in [7, 11) is 0. The number of thioether (sulfide) groups is 1. The van der Waals surface area contributed by atoms with Crippen LogP contribution >= 0.6 is 46.3 Å². The van der Waals surface area contributed by atoms with Crippen LogP contribution < -0.4 is 0 Å². The quantitative estimate of drug-likeness (QED) is 0.660. The van der Waals surface area contributed by atoms with Crippen LogP contribution in [0.2, 0.25) is 5.02 Å². The minimum absolute atomic E-state index is 0.787. The highest BCUT2D eigenvalue weighted by atomic mass is 35.5. The van der Waals surface area contributed by atoms with E-state index in [4.69, 9.17) is 23.2 Å². The number of hydrogen-bond donors (Lipinski definition) is 0. The molecule has 0 aliphatic heterocycles. The maximum absolute atomic E-state index is 5.68. The number of halogens is 2. The molecule has 0 aliphatic carbocycles. The summed E-state index contributed by atoms with van der Waals surface area (Å²) in [6, 6.07) is 1.91. The molecule has 0 saturated heterocycles. The largest absolute Gasteiger partial charge is 0.136 e. The van der Waals surface area contributed by atoms with Crippen molar-refractivity contribution in [2.24, 2.45) is 0 Å². The summed E-state index contributed by atoms with van der Waals surface area (Å²) in [5.41, 5.74) is 1.48. The fourth-order valence-corrected chi connectivity index (χ4v) is 2.38. The van der Waals surface area contributed by atoms with E-state index in [2.05, 4.69) is 0 Å². The summed E-state index contributed by atoms with van der Waals surface area (Å²) < 4.78 is 1.15. The minimum Gasteiger partial charge on any atom is -0.136 e. The van der Waals surface area contributed by atoms with Crippen molar-refractivity contribution in [2.45, 2.75) is 4.21 Å². The van der Waals surface area contributed by atoms with Crippen LogP contribution in [-0.2, 0) is 0 Å². The molecule has 0 fully saturated rings.